The molecule has 0 bridgehead atoms. The minimum atomic E-state index is 1.33. The van der Waals surface area contributed by atoms with E-state index in [4.69, 9.17) is 0 Å². The predicted molar refractivity (Wildman–Crippen MR) is 67.6 cm³/mol. The van der Waals surface area contributed by atoms with Gasteiger partial charge in [0, 0.05) is 13.3 Å². The first-order valence-electron chi connectivity index (χ1n) is 5.05. The van der Waals surface area contributed by atoms with Gasteiger partial charge in [0.25, 0.3) is 0 Å². The molecule has 1 aliphatic carbocycles. The Morgan fingerprint density at radius 2 is 1.77 bits per heavy atom. The van der Waals surface area contributed by atoms with Gasteiger partial charge >= 0.3 is 0 Å². The third kappa shape index (κ3) is 2.09. The smallest absolute Gasteiger partial charge is 0.0301 e. The molecular weight excluding hydrogens is 291 g/mol. The Morgan fingerprint density at radius 1 is 1.08 bits per heavy atom. The first-order chi connectivity index (χ1) is 6.29. The summed E-state index contributed by atoms with van der Waals surface area (Å²) in [7, 11) is 0. The van der Waals surface area contributed by atoms with E-state index in [-0.39, 0.29) is 0 Å². The second-order valence-electron chi connectivity index (χ2n) is 3.79. The van der Waals surface area contributed by atoms with Gasteiger partial charge in [0.05, 0.1) is 0 Å². The monoisotopic (exact) mass is 306 g/mol. The fourth-order valence-corrected chi connectivity index (χ4v) is 4.28. The van der Waals surface area contributed by atoms with Gasteiger partial charge in [0.2, 0.25) is 0 Å². The number of rotatable bonds is 0. The molecule has 0 atom stereocenters. The molecule has 72 valence electrons. The highest BCUT2D eigenvalue weighted by Crippen LogP contribution is 2.33. The molecule has 0 aromatic carbocycles. The van der Waals surface area contributed by atoms with Crippen molar-refractivity contribution in [1.82, 2.24) is 0 Å². The van der Waals surface area contributed by atoms with Gasteiger partial charge in [0.15, 0.2) is 0 Å². The Bertz CT molecular complexity index is 301. The summed E-state index contributed by atoms with van der Waals surface area (Å²) in [6, 6.07) is 0. The lowest BCUT2D eigenvalue weighted by atomic mass is 10.00. The van der Waals surface area contributed by atoms with Gasteiger partial charge in [0.1, 0.15) is 0 Å². The van der Waals surface area contributed by atoms with Crippen LogP contribution >= 0.6 is 33.9 Å². The van der Waals surface area contributed by atoms with Crippen LogP contribution in [0.1, 0.15) is 41.0 Å². The largest absolute Gasteiger partial charge is 0.144 e. The Balaban J connectivity index is 2.33. The molecule has 2 rings (SSSR count). The lowest BCUT2D eigenvalue weighted by Crippen LogP contribution is -1.96. The molecule has 0 amide bonds. The van der Waals surface area contributed by atoms with Crippen LogP contribution in [0, 0.1) is 10.5 Å². The van der Waals surface area contributed by atoms with Crippen molar-refractivity contribution in [3.05, 3.63) is 18.9 Å². The van der Waals surface area contributed by atoms with Crippen LogP contribution in [0.15, 0.2) is 0 Å². The average Bonchev–Trinajstić information content (AvgIpc) is 2.31. The number of hydrogen-bond donors (Lipinski definition) is 0. The molecule has 0 nitrogen and oxygen atoms in total. The van der Waals surface area contributed by atoms with Crippen LogP contribution in [0.5, 0.6) is 0 Å². The second-order valence-corrected chi connectivity index (χ2v) is 6.18. The summed E-state index contributed by atoms with van der Waals surface area (Å²) in [6.45, 7) is 2.26. The van der Waals surface area contributed by atoms with Crippen molar-refractivity contribution in [3.8, 4) is 0 Å². The van der Waals surface area contributed by atoms with E-state index >= 15 is 0 Å². The number of fused-ring (bicyclic) bond motifs is 1. The van der Waals surface area contributed by atoms with Crippen molar-refractivity contribution in [2.75, 3.05) is 0 Å². The Hall–Kier alpha value is 0.430. The fourth-order valence-electron chi connectivity index (χ4n) is 2.02. The minimum absolute atomic E-state index is 1.33. The summed E-state index contributed by atoms with van der Waals surface area (Å²) in [5, 5.41) is 0. The number of hydrogen-bond acceptors (Lipinski definition) is 1. The summed E-state index contributed by atoms with van der Waals surface area (Å²) < 4.78 is 1.56. The molecule has 0 unspecified atom stereocenters. The highest BCUT2D eigenvalue weighted by molar-refractivity contribution is 14.1. The van der Waals surface area contributed by atoms with E-state index in [9.17, 15) is 0 Å². The molecule has 1 aliphatic rings. The van der Waals surface area contributed by atoms with Crippen LogP contribution in [0.3, 0.4) is 0 Å². The van der Waals surface area contributed by atoms with Crippen LogP contribution in [-0.4, -0.2) is 0 Å². The van der Waals surface area contributed by atoms with E-state index in [0.29, 0.717) is 0 Å². The van der Waals surface area contributed by atoms with Crippen molar-refractivity contribution >= 4 is 33.9 Å². The van der Waals surface area contributed by atoms with E-state index in [1.807, 2.05) is 11.3 Å². The minimum Gasteiger partial charge on any atom is -0.144 e. The van der Waals surface area contributed by atoms with Gasteiger partial charge < -0.3 is 0 Å². The maximum absolute atomic E-state index is 2.52. The molecule has 0 fully saturated rings. The third-order valence-corrected chi connectivity index (χ3v) is 5.80. The topological polar surface area (TPSA) is 0 Å². The van der Waals surface area contributed by atoms with Gasteiger partial charge in [-0.3, -0.25) is 0 Å². The van der Waals surface area contributed by atoms with Gasteiger partial charge in [-0.15, -0.1) is 11.3 Å². The number of halogens is 1. The van der Waals surface area contributed by atoms with E-state index in [1.54, 1.807) is 14.0 Å². The standard InChI is InChI=1S/C11H15IS/c1-8-11(12)9-6-4-2-3-5-7-10(9)13-8/h2-7H2,1H3. The second kappa shape index (κ2) is 4.30. The van der Waals surface area contributed by atoms with Crippen LogP contribution in [0.4, 0.5) is 0 Å². The maximum Gasteiger partial charge on any atom is 0.0301 e. The molecule has 0 saturated heterocycles. The van der Waals surface area contributed by atoms with Crippen molar-refractivity contribution in [3.63, 3.8) is 0 Å². The molecule has 13 heavy (non-hydrogen) atoms. The summed E-state index contributed by atoms with van der Waals surface area (Å²) in [6.07, 6.45) is 8.35. The molecule has 1 aromatic rings. The highest BCUT2D eigenvalue weighted by atomic mass is 127. The lowest BCUT2D eigenvalue weighted by molar-refractivity contribution is 0.621. The summed E-state index contributed by atoms with van der Waals surface area (Å²) in [5.41, 5.74) is 1.68. The highest BCUT2D eigenvalue weighted by Gasteiger charge is 2.14. The SMILES string of the molecule is Cc1sc2c(c1I)CCCCCC2. The molecule has 2 heteroatoms. The van der Waals surface area contributed by atoms with Crippen molar-refractivity contribution < 1.29 is 0 Å². The van der Waals surface area contributed by atoms with Crippen molar-refractivity contribution in [1.29, 1.82) is 0 Å². The van der Waals surface area contributed by atoms with Crippen molar-refractivity contribution in [2.24, 2.45) is 0 Å². The summed E-state index contributed by atoms with van der Waals surface area (Å²) in [5.74, 6) is 0. The normalized spacial score (nSPS) is 17.7. The molecule has 1 heterocycles. The molecular formula is C11H15IS. The van der Waals surface area contributed by atoms with E-state index in [2.05, 4.69) is 29.5 Å². The molecule has 0 spiro atoms. The van der Waals surface area contributed by atoms with E-state index < -0.39 is 0 Å². The Labute approximate surface area is 97.9 Å². The zero-order valence-corrected chi connectivity index (χ0v) is 11.0. The van der Waals surface area contributed by atoms with Crippen molar-refractivity contribution in [2.45, 2.75) is 45.4 Å². The van der Waals surface area contributed by atoms with Gasteiger partial charge in [-0.25, -0.2) is 0 Å². The zero-order chi connectivity index (χ0) is 9.26. The summed E-state index contributed by atoms with van der Waals surface area (Å²) >= 11 is 4.56. The van der Waals surface area contributed by atoms with Crippen LogP contribution in [0.2, 0.25) is 0 Å². The quantitative estimate of drug-likeness (QED) is 0.626. The average molecular weight is 306 g/mol. The third-order valence-electron chi connectivity index (χ3n) is 2.77. The van der Waals surface area contributed by atoms with Crippen LogP contribution < -0.4 is 0 Å². The van der Waals surface area contributed by atoms with E-state index in [0.717, 1.165) is 0 Å². The van der Waals surface area contributed by atoms with Crippen LogP contribution in [-0.2, 0) is 12.8 Å². The van der Waals surface area contributed by atoms with Gasteiger partial charge in [-0.05, 0) is 60.8 Å². The lowest BCUT2D eigenvalue weighted by Gasteiger charge is -2.09. The molecule has 0 radical (unpaired) electrons. The maximum atomic E-state index is 2.52. The number of aryl methyl sites for hydroxylation is 2. The first-order valence-corrected chi connectivity index (χ1v) is 6.95. The first kappa shape index (κ1) is 9.97. The van der Waals surface area contributed by atoms with Gasteiger partial charge in [-0.1, -0.05) is 12.8 Å². The van der Waals surface area contributed by atoms with Crippen LogP contribution in [0.25, 0.3) is 0 Å². The molecule has 0 saturated carbocycles. The molecule has 0 N–H and O–H groups in total. The zero-order valence-electron chi connectivity index (χ0n) is 8.03. The summed E-state index contributed by atoms with van der Waals surface area (Å²) in [4.78, 5) is 3.22. The predicted octanol–water partition coefficient (Wildman–Crippen LogP) is 4.32. The number of thiophene rings is 1. The van der Waals surface area contributed by atoms with Gasteiger partial charge in [-0.2, -0.15) is 0 Å². The Morgan fingerprint density at radius 3 is 2.54 bits per heavy atom. The Kier molecular flexibility index (Phi) is 3.30. The molecule has 1 aromatic heterocycles. The van der Waals surface area contributed by atoms with E-state index in [1.165, 1.54) is 43.4 Å². The molecule has 0 aliphatic heterocycles. The fraction of sp³-hybridized carbons (Fsp3) is 0.636.